The Labute approximate surface area is 857 Å². The Kier molecular flexibility index (Phi) is 34.5. The largest absolute Gasteiger partial charge is 0.433 e. The number of nitrogens with zero attached hydrogens (tertiary/aromatic N) is 21. The number of aromatic nitrogens is 21. The third-order valence-corrected chi connectivity index (χ3v) is 27.9. The molecule has 4 unspecified atom stereocenters. The minimum Gasteiger partial charge on any atom is -0.385 e. The van der Waals surface area contributed by atoms with Gasteiger partial charge in [-0.05, 0) is 292 Å². The first kappa shape index (κ1) is 110. The van der Waals surface area contributed by atoms with Crippen LogP contribution in [0, 0.1) is 53.3 Å². The number of nitrogens with one attached hydrogen (secondary N) is 10. The van der Waals surface area contributed by atoms with E-state index in [1.54, 1.807) is 13.2 Å². The van der Waals surface area contributed by atoms with E-state index in [0.29, 0.717) is 109 Å². The first-order valence-electron chi connectivity index (χ1n) is 51.2. The lowest BCUT2D eigenvalue weighted by atomic mass is 9.54. The van der Waals surface area contributed by atoms with E-state index in [0.717, 1.165) is 91.6 Å². The standard InChI is InChI=1S/C24H29F3N6.C20H27F3N6O.C20H26N6.C19H25F3N6O.C18H18F7N7/c1-12(15-5-6-15)28-22-31-21(18-3-2-4-19(29-18)24(25,26)27)32-23(33-22)30-20-16-8-13-7-14(10-16)11-17(20)9-13;1-11(2)30-10-12(3)24-18-27-17(15-6-5-7-16(26-15)20(21,22)23)28-19(29-18)25-13(4)14-8-9-14;1-4-16-6-5-7-17(23-16)18-24-19(21-12(2)14-8-9-14)26-20(25-18)22-13(3)15-10-11-15;1-11(9-10-29-3)23-17-26-16(14-5-4-6-15(25-14)19(20,21)22)27-18(28-17)24-12(2)13-7-8-13;19-16(20)4-1-9(7-16)27-14-30-13(12-26-6-3-11(29-12)18(23,24)25)31-15(32-14)28-10-2-5-17(21,22)8-10/h2-4,12-17,20H,5-11H2,1H3,(H2,28,30,31,32,33);5-7,11-14H,8-10H2,1-4H3,(H2,24,25,27,28,29);4-7,12-15H,1,8-11H2,2-3H3,(H2,21,22,24,25,26);4-6,11-13H,7-10H2,1-3H3,(H2,23,24,26,27,28);3,6,9-10H,1-2,4-5,7-8H2,(H2,27,28,30,31,32)/t12-,13?,14?,16?,17?,20?;12?,13-;12-,13-;11?,12-;/m1111./s1. The van der Waals surface area contributed by atoms with E-state index < -0.39 is 90.1 Å². The number of rotatable bonds is 37. The van der Waals surface area contributed by atoms with E-state index in [9.17, 15) is 70.2 Å². The van der Waals surface area contributed by atoms with E-state index in [1.807, 2.05) is 59.7 Å². The molecule has 11 aliphatic carbocycles. The van der Waals surface area contributed by atoms with E-state index in [2.05, 4.69) is 185 Å². The van der Waals surface area contributed by atoms with Crippen LogP contribution >= 0.6 is 0 Å². The third-order valence-electron chi connectivity index (χ3n) is 27.9. The summed E-state index contributed by atoms with van der Waals surface area (Å²) >= 11 is 0. The highest BCUT2D eigenvalue weighted by atomic mass is 19.4. The Hall–Kier alpha value is -12.7. The summed E-state index contributed by atoms with van der Waals surface area (Å²) in [4.78, 5) is 88.5. The Bertz CT molecular complexity index is 6100. The van der Waals surface area contributed by atoms with Crippen molar-refractivity contribution < 1.29 is 79.7 Å². The molecule has 0 aromatic carbocycles. The van der Waals surface area contributed by atoms with Crippen LogP contribution in [0.4, 0.5) is 130 Å². The number of anilines is 10. The molecule has 11 fully saturated rings. The molecule has 0 spiro atoms. The molecule has 11 saturated carbocycles. The van der Waals surface area contributed by atoms with Gasteiger partial charge in [-0.25, -0.2) is 47.5 Å². The molecule has 0 aliphatic heterocycles. The van der Waals surface area contributed by atoms with Crippen molar-refractivity contribution in [1.82, 2.24) is 105 Å². The summed E-state index contributed by atoms with van der Waals surface area (Å²) in [5.74, 6) is 3.27. The summed E-state index contributed by atoms with van der Waals surface area (Å²) in [7, 11) is 1.62. The van der Waals surface area contributed by atoms with E-state index in [-0.39, 0.29) is 126 Å². The van der Waals surface area contributed by atoms with Crippen LogP contribution in [0.1, 0.15) is 232 Å². The quantitative estimate of drug-likeness (QED) is 0.0162. The number of pyridine rings is 4. The van der Waals surface area contributed by atoms with Crippen LogP contribution in [-0.2, 0) is 34.2 Å². The normalized spacial score (nSPS) is 21.8. The fourth-order valence-electron chi connectivity index (χ4n) is 19.1. The summed E-state index contributed by atoms with van der Waals surface area (Å²) < 4.78 is 222. The molecular formula is C101H125F16N31O2. The minimum atomic E-state index is -4.74. The van der Waals surface area contributed by atoms with Gasteiger partial charge >= 0.3 is 24.7 Å². The average Bonchev–Trinajstić information content (AvgIpc) is 1.57. The van der Waals surface area contributed by atoms with Gasteiger partial charge in [0.15, 0.2) is 29.1 Å². The molecule has 10 N–H and O–H groups in total. The zero-order chi connectivity index (χ0) is 107. The molecule has 33 nitrogen and oxygen atoms in total. The topological polar surface area (TPSA) is 409 Å². The molecule has 150 heavy (non-hydrogen) atoms. The lowest BCUT2D eigenvalue weighted by Crippen LogP contribution is -2.51. The van der Waals surface area contributed by atoms with Crippen molar-refractivity contribution >= 4 is 65.6 Å². The number of alkyl halides is 16. The lowest BCUT2D eigenvalue weighted by molar-refractivity contribution is -0.141. The van der Waals surface area contributed by atoms with Crippen LogP contribution in [0.5, 0.6) is 0 Å². The highest BCUT2D eigenvalue weighted by molar-refractivity contribution is 5.60. The number of ether oxygens (including phenoxy) is 2. The van der Waals surface area contributed by atoms with Crippen molar-refractivity contribution in [3.63, 3.8) is 0 Å². The minimum absolute atomic E-state index is 0.00775. The van der Waals surface area contributed by atoms with Gasteiger partial charge in [-0.2, -0.15) is 127 Å². The van der Waals surface area contributed by atoms with Gasteiger partial charge in [-0.1, -0.05) is 30.8 Å². The van der Waals surface area contributed by atoms with Gasteiger partial charge in [0.25, 0.3) is 0 Å². The second-order valence-corrected chi connectivity index (χ2v) is 41.3. The van der Waals surface area contributed by atoms with Crippen LogP contribution in [0.15, 0.2) is 91.6 Å². The molecule has 10 heterocycles. The van der Waals surface area contributed by atoms with Crippen LogP contribution < -0.4 is 53.2 Å². The Morgan fingerprint density at radius 3 is 0.993 bits per heavy atom. The lowest BCUT2D eigenvalue weighted by Gasteiger charge is -2.54. The summed E-state index contributed by atoms with van der Waals surface area (Å²) in [6.07, 6.45) is 2.10. The fourth-order valence-corrected chi connectivity index (χ4v) is 19.1. The first-order chi connectivity index (χ1) is 71.2. The van der Waals surface area contributed by atoms with E-state index >= 15 is 0 Å². The summed E-state index contributed by atoms with van der Waals surface area (Å²) in [6, 6.07) is 17.7. The highest BCUT2D eigenvalue weighted by Gasteiger charge is 2.50. The predicted octanol–water partition coefficient (Wildman–Crippen LogP) is 22.3. The van der Waals surface area contributed by atoms with Gasteiger partial charge in [-0.15, -0.1) is 0 Å². The summed E-state index contributed by atoms with van der Waals surface area (Å²) in [5.41, 5.74) is -2.44. The molecule has 0 radical (unpaired) electrons. The van der Waals surface area contributed by atoms with Crippen molar-refractivity contribution in [3.8, 4) is 57.7 Å². The molecule has 808 valence electrons. The van der Waals surface area contributed by atoms with Crippen LogP contribution in [0.25, 0.3) is 63.8 Å². The maximum Gasteiger partial charge on any atom is 0.433 e. The number of halogens is 16. The smallest absolute Gasteiger partial charge is 0.385 e. The molecule has 11 aliphatic rings. The third kappa shape index (κ3) is 31.7. The van der Waals surface area contributed by atoms with Crippen molar-refractivity contribution in [2.24, 2.45) is 53.3 Å². The maximum absolute atomic E-state index is 13.5. The fraction of sp³-hybridized carbons (Fsp3) is 0.594. The number of hydrogen-bond donors (Lipinski definition) is 10. The zero-order valence-electron chi connectivity index (χ0n) is 84.6. The van der Waals surface area contributed by atoms with Crippen LogP contribution in [0.3, 0.4) is 0 Å². The molecule has 21 rings (SSSR count). The molecular weight excluding hydrogens is 1980 g/mol. The van der Waals surface area contributed by atoms with Gasteiger partial charge < -0.3 is 62.6 Å². The van der Waals surface area contributed by atoms with Crippen LogP contribution in [-0.4, -0.2) is 203 Å². The predicted molar refractivity (Wildman–Crippen MR) is 533 cm³/mol. The van der Waals surface area contributed by atoms with Gasteiger partial charge in [0.1, 0.15) is 45.6 Å². The first-order valence-corrected chi connectivity index (χ1v) is 51.2. The molecule has 0 saturated heterocycles. The molecule has 10 aromatic rings. The summed E-state index contributed by atoms with van der Waals surface area (Å²) in [6.45, 7) is 23.1. The van der Waals surface area contributed by atoms with E-state index in [4.69, 9.17) is 9.47 Å². The Morgan fingerprint density at radius 2 is 0.660 bits per heavy atom. The monoisotopic (exact) mass is 2110 g/mol. The van der Waals surface area contributed by atoms with Crippen molar-refractivity contribution in [3.05, 3.63) is 120 Å². The highest BCUT2D eigenvalue weighted by Crippen LogP contribution is 2.55. The second kappa shape index (κ2) is 47.0. The van der Waals surface area contributed by atoms with Gasteiger partial charge in [0.05, 0.1) is 18.4 Å². The Morgan fingerprint density at radius 1 is 0.347 bits per heavy atom. The summed E-state index contributed by atoms with van der Waals surface area (Å²) in [5, 5.41) is 32.1. The van der Waals surface area contributed by atoms with Gasteiger partial charge in [-0.3, -0.25) is 0 Å². The second-order valence-electron chi connectivity index (χ2n) is 41.3. The van der Waals surface area contributed by atoms with Gasteiger partial charge in [0.2, 0.25) is 77.2 Å². The molecule has 4 bridgehead atoms. The molecule has 9 atom stereocenters. The maximum atomic E-state index is 13.5. The Balaban J connectivity index is 0.000000134. The van der Waals surface area contributed by atoms with Crippen molar-refractivity contribution in [1.29, 1.82) is 0 Å². The molecule has 10 aromatic heterocycles. The van der Waals surface area contributed by atoms with E-state index in [1.165, 1.54) is 107 Å². The number of methoxy groups -OCH3 is 1. The van der Waals surface area contributed by atoms with Crippen molar-refractivity contribution in [2.75, 3.05) is 73.5 Å². The van der Waals surface area contributed by atoms with Crippen molar-refractivity contribution in [2.45, 2.75) is 307 Å². The average molecular weight is 2110 g/mol. The molecule has 0 amide bonds. The number of hydrogen-bond acceptors (Lipinski definition) is 33. The SMILES string of the molecule is C=Cc1cccc(-c2nc(N[C@H](C)C3CC3)nc(N[C@H](C)C3CC3)n2)n1.CC(COC(C)C)Nc1nc(N[C@H](C)C2CC2)nc(-c2cccc(C(F)(F)F)n2)n1.COCCC(C)Nc1nc(N[C@H](C)C2CC2)nc(-c2cccc(C(F)(F)F)n2)n1.C[C@@H](Nc1nc(NC2C3CC4CC(C3)CC2C4)nc(-c2cccc(C(F)(F)F)n2)n1)C1CC1.FC1(F)CCC(Nc2nc(NC3CCC(F)(F)C3)nc(-c3nccc(C(F)(F)F)n3)n2)C1. The van der Waals surface area contributed by atoms with Gasteiger partial charge in [0, 0.05) is 106 Å². The zero-order valence-corrected chi connectivity index (χ0v) is 84.6. The van der Waals surface area contributed by atoms with Crippen LogP contribution in [0.2, 0.25) is 0 Å². The molecule has 49 heteroatoms.